The molecule has 0 saturated carbocycles. The molecule has 0 aliphatic rings. The molecule has 0 fully saturated rings. The molecule has 3 heteroatoms. The maximum atomic E-state index is 11.9. The fourth-order valence-electron chi connectivity index (χ4n) is 1.63. The SMILES string of the molecule is Cc1c(C(=O)C(C)C)nn2ccccc12. The highest BCUT2D eigenvalue weighted by Gasteiger charge is 2.18. The number of nitrogens with zero attached hydrogens (tertiary/aromatic N) is 2. The molecular formula is C12H14N2O. The van der Waals surface area contributed by atoms with Crippen LogP contribution in [0.2, 0.25) is 0 Å². The Labute approximate surface area is 88.7 Å². The summed E-state index contributed by atoms with van der Waals surface area (Å²) in [5.74, 6) is 0.102. The molecule has 3 nitrogen and oxygen atoms in total. The Bertz CT molecular complexity index is 511. The van der Waals surface area contributed by atoms with Crippen molar-refractivity contribution in [2.75, 3.05) is 0 Å². The van der Waals surface area contributed by atoms with E-state index < -0.39 is 0 Å². The second-order valence-corrected chi connectivity index (χ2v) is 4.02. The number of fused-ring (bicyclic) bond motifs is 1. The molecule has 0 radical (unpaired) electrons. The molecule has 0 amide bonds. The van der Waals surface area contributed by atoms with Crippen LogP contribution in [0.15, 0.2) is 24.4 Å². The average Bonchev–Trinajstić information content (AvgIpc) is 2.56. The minimum Gasteiger partial charge on any atom is -0.292 e. The predicted octanol–water partition coefficient (Wildman–Crippen LogP) is 2.48. The average molecular weight is 202 g/mol. The molecule has 2 rings (SSSR count). The first kappa shape index (κ1) is 9.90. The van der Waals surface area contributed by atoms with Gasteiger partial charge in [0.2, 0.25) is 0 Å². The highest BCUT2D eigenvalue weighted by atomic mass is 16.1. The number of carbonyl (C=O) groups excluding carboxylic acids is 1. The zero-order valence-corrected chi connectivity index (χ0v) is 9.19. The van der Waals surface area contributed by atoms with E-state index in [1.807, 2.05) is 45.2 Å². The van der Waals surface area contributed by atoms with Crippen LogP contribution >= 0.6 is 0 Å². The number of carbonyl (C=O) groups is 1. The van der Waals surface area contributed by atoms with Gasteiger partial charge in [-0.15, -0.1) is 0 Å². The van der Waals surface area contributed by atoms with Gasteiger partial charge >= 0.3 is 0 Å². The van der Waals surface area contributed by atoms with Crippen LogP contribution in [0.4, 0.5) is 0 Å². The number of hydrogen-bond donors (Lipinski definition) is 0. The third-order valence-electron chi connectivity index (χ3n) is 2.54. The Morgan fingerprint density at radius 2 is 2.13 bits per heavy atom. The fourth-order valence-corrected chi connectivity index (χ4v) is 1.63. The molecule has 15 heavy (non-hydrogen) atoms. The molecule has 0 aliphatic heterocycles. The predicted molar refractivity (Wildman–Crippen MR) is 59.1 cm³/mol. The second-order valence-electron chi connectivity index (χ2n) is 4.02. The summed E-state index contributed by atoms with van der Waals surface area (Å²) in [6.07, 6.45) is 1.86. The van der Waals surface area contributed by atoms with Gasteiger partial charge in [-0.2, -0.15) is 5.10 Å². The first-order valence-electron chi connectivity index (χ1n) is 5.09. The maximum Gasteiger partial charge on any atom is 0.185 e. The van der Waals surface area contributed by atoms with Crippen molar-refractivity contribution in [3.63, 3.8) is 0 Å². The van der Waals surface area contributed by atoms with Gasteiger partial charge in [-0.3, -0.25) is 4.79 Å². The fraction of sp³-hybridized carbons (Fsp3) is 0.333. The lowest BCUT2D eigenvalue weighted by atomic mass is 10.0. The molecular weight excluding hydrogens is 188 g/mol. The lowest BCUT2D eigenvalue weighted by Gasteiger charge is -2.00. The molecule has 0 bridgehead atoms. The van der Waals surface area contributed by atoms with Crippen molar-refractivity contribution in [3.05, 3.63) is 35.7 Å². The standard InChI is InChI=1S/C12H14N2O/c1-8(2)12(15)11-9(3)10-6-4-5-7-14(10)13-11/h4-8H,1-3H3. The Balaban J connectivity index is 2.63. The van der Waals surface area contributed by atoms with Gasteiger partial charge in [0.25, 0.3) is 0 Å². The summed E-state index contributed by atoms with van der Waals surface area (Å²) in [7, 11) is 0. The number of ketones is 1. The first-order chi connectivity index (χ1) is 7.11. The van der Waals surface area contributed by atoms with Gasteiger partial charge in [0.1, 0.15) is 5.69 Å². The number of Topliss-reactive ketones (excluding diaryl/α,β-unsaturated/α-hetero) is 1. The van der Waals surface area contributed by atoms with E-state index in [0.29, 0.717) is 5.69 Å². The van der Waals surface area contributed by atoms with Crippen LogP contribution in [-0.4, -0.2) is 15.4 Å². The lowest BCUT2D eigenvalue weighted by Crippen LogP contribution is -2.09. The summed E-state index contributed by atoms with van der Waals surface area (Å²) >= 11 is 0. The Hall–Kier alpha value is -1.64. The smallest absolute Gasteiger partial charge is 0.185 e. The minimum atomic E-state index is -0.00591. The summed E-state index contributed by atoms with van der Waals surface area (Å²) in [6, 6.07) is 5.83. The Morgan fingerprint density at radius 3 is 2.73 bits per heavy atom. The molecule has 0 aromatic carbocycles. The number of pyridine rings is 1. The number of hydrogen-bond acceptors (Lipinski definition) is 2. The van der Waals surface area contributed by atoms with Crippen LogP contribution < -0.4 is 0 Å². The third-order valence-corrected chi connectivity index (χ3v) is 2.54. The van der Waals surface area contributed by atoms with E-state index in [-0.39, 0.29) is 11.7 Å². The second kappa shape index (κ2) is 3.50. The van der Waals surface area contributed by atoms with Crippen molar-refractivity contribution < 1.29 is 4.79 Å². The maximum absolute atomic E-state index is 11.9. The van der Waals surface area contributed by atoms with E-state index in [2.05, 4.69) is 5.10 Å². The summed E-state index contributed by atoms with van der Waals surface area (Å²) in [5, 5.41) is 4.30. The number of aryl methyl sites for hydroxylation is 1. The van der Waals surface area contributed by atoms with Gasteiger partial charge in [-0.25, -0.2) is 4.52 Å². The van der Waals surface area contributed by atoms with E-state index >= 15 is 0 Å². The van der Waals surface area contributed by atoms with Crippen molar-refractivity contribution in [2.45, 2.75) is 20.8 Å². The molecule has 78 valence electrons. The summed E-state index contributed by atoms with van der Waals surface area (Å²) < 4.78 is 1.75. The molecule has 0 aliphatic carbocycles. The first-order valence-corrected chi connectivity index (χ1v) is 5.09. The molecule has 2 aromatic rings. The third kappa shape index (κ3) is 1.54. The number of rotatable bonds is 2. The van der Waals surface area contributed by atoms with Crippen LogP contribution in [-0.2, 0) is 0 Å². The molecule has 2 aromatic heterocycles. The molecule has 2 heterocycles. The lowest BCUT2D eigenvalue weighted by molar-refractivity contribution is 0.0933. The van der Waals surface area contributed by atoms with E-state index in [0.717, 1.165) is 11.1 Å². The largest absolute Gasteiger partial charge is 0.292 e. The van der Waals surface area contributed by atoms with Gasteiger partial charge in [0, 0.05) is 17.7 Å². The number of aromatic nitrogens is 2. The van der Waals surface area contributed by atoms with Crippen LogP contribution in [0.3, 0.4) is 0 Å². The van der Waals surface area contributed by atoms with E-state index in [9.17, 15) is 4.79 Å². The summed E-state index contributed by atoms with van der Waals surface area (Å²) in [4.78, 5) is 11.9. The van der Waals surface area contributed by atoms with Crippen molar-refractivity contribution in [2.24, 2.45) is 5.92 Å². The zero-order valence-electron chi connectivity index (χ0n) is 9.19. The van der Waals surface area contributed by atoms with Crippen LogP contribution in [0, 0.1) is 12.8 Å². The summed E-state index contributed by atoms with van der Waals surface area (Å²) in [5.41, 5.74) is 2.56. The van der Waals surface area contributed by atoms with Gasteiger partial charge in [-0.05, 0) is 19.1 Å². The van der Waals surface area contributed by atoms with E-state index in [1.54, 1.807) is 4.52 Å². The van der Waals surface area contributed by atoms with Crippen LogP contribution in [0.1, 0.15) is 29.9 Å². The van der Waals surface area contributed by atoms with Crippen LogP contribution in [0.25, 0.3) is 5.52 Å². The highest BCUT2D eigenvalue weighted by molar-refractivity contribution is 5.98. The molecule has 0 saturated heterocycles. The zero-order chi connectivity index (χ0) is 11.0. The van der Waals surface area contributed by atoms with Crippen molar-refractivity contribution in [3.8, 4) is 0 Å². The topological polar surface area (TPSA) is 34.4 Å². The molecule has 0 N–H and O–H groups in total. The van der Waals surface area contributed by atoms with E-state index in [4.69, 9.17) is 0 Å². The Morgan fingerprint density at radius 1 is 1.40 bits per heavy atom. The van der Waals surface area contributed by atoms with Crippen LogP contribution in [0.5, 0.6) is 0 Å². The van der Waals surface area contributed by atoms with Crippen molar-refractivity contribution >= 4 is 11.3 Å². The highest BCUT2D eigenvalue weighted by Crippen LogP contribution is 2.17. The van der Waals surface area contributed by atoms with Gasteiger partial charge < -0.3 is 0 Å². The normalized spacial score (nSPS) is 11.2. The molecule has 0 unspecified atom stereocenters. The van der Waals surface area contributed by atoms with Gasteiger partial charge in [-0.1, -0.05) is 19.9 Å². The minimum absolute atomic E-state index is 0.00591. The monoisotopic (exact) mass is 202 g/mol. The Kier molecular flexibility index (Phi) is 2.31. The quantitative estimate of drug-likeness (QED) is 0.701. The van der Waals surface area contributed by atoms with E-state index in [1.165, 1.54) is 0 Å². The van der Waals surface area contributed by atoms with Crippen molar-refractivity contribution in [1.29, 1.82) is 0 Å². The molecule has 0 spiro atoms. The van der Waals surface area contributed by atoms with Crippen molar-refractivity contribution in [1.82, 2.24) is 9.61 Å². The summed E-state index contributed by atoms with van der Waals surface area (Å²) in [6.45, 7) is 5.73. The molecule has 0 atom stereocenters. The van der Waals surface area contributed by atoms with Gasteiger partial charge in [0.05, 0.1) is 5.52 Å². The van der Waals surface area contributed by atoms with Gasteiger partial charge in [0.15, 0.2) is 5.78 Å².